The van der Waals surface area contributed by atoms with Crippen LogP contribution >= 0.6 is 0 Å². The predicted octanol–water partition coefficient (Wildman–Crippen LogP) is 2.71. The minimum Gasteiger partial charge on any atom is -0.354 e. The van der Waals surface area contributed by atoms with E-state index < -0.39 is 41.4 Å². The van der Waals surface area contributed by atoms with Gasteiger partial charge in [0.2, 0.25) is 11.7 Å². The Labute approximate surface area is 73.6 Å². The third-order valence-corrected chi connectivity index (χ3v) is 2.08. The van der Waals surface area contributed by atoms with Crippen molar-refractivity contribution >= 4 is 0 Å². The van der Waals surface area contributed by atoms with Crippen LogP contribution < -0.4 is 0 Å². The Morgan fingerprint density at radius 1 is 0.857 bits per heavy atom. The molecular formula is C7H2F6O. The molecule has 78 valence electrons. The van der Waals surface area contributed by atoms with Crippen molar-refractivity contribution in [2.75, 3.05) is 6.61 Å². The first-order valence-corrected chi connectivity index (χ1v) is 3.48. The van der Waals surface area contributed by atoms with E-state index in [4.69, 9.17) is 0 Å². The van der Waals surface area contributed by atoms with Gasteiger partial charge in [-0.25, -0.2) is 17.6 Å². The Hall–Kier alpha value is -0.980. The standard InChI is InChI=1S/C7H2F6O/c8-2-4(10)7(12,13)5(11)3(9)6(2)1-14-6/h1H2. The lowest BCUT2D eigenvalue weighted by Gasteiger charge is -2.21. The van der Waals surface area contributed by atoms with Gasteiger partial charge in [0, 0.05) is 0 Å². The second kappa shape index (κ2) is 2.33. The van der Waals surface area contributed by atoms with Gasteiger partial charge < -0.3 is 4.74 Å². The van der Waals surface area contributed by atoms with E-state index >= 15 is 0 Å². The fraction of sp³-hybridized carbons (Fsp3) is 0.429. The molecule has 0 aromatic carbocycles. The maximum absolute atomic E-state index is 12.8. The normalized spacial score (nSPS) is 28.7. The van der Waals surface area contributed by atoms with E-state index in [9.17, 15) is 26.3 Å². The van der Waals surface area contributed by atoms with Gasteiger partial charge in [0.25, 0.3) is 0 Å². The number of epoxide rings is 1. The van der Waals surface area contributed by atoms with Gasteiger partial charge in [0.15, 0.2) is 17.3 Å². The number of ether oxygens (including phenoxy) is 1. The summed E-state index contributed by atoms with van der Waals surface area (Å²) in [6.07, 6.45) is 0. The Balaban J connectivity index is 2.61. The van der Waals surface area contributed by atoms with Crippen LogP contribution in [-0.4, -0.2) is 18.1 Å². The first kappa shape index (κ1) is 9.57. The maximum atomic E-state index is 12.8. The molecule has 2 rings (SSSR count). The Morgan fingerprint density at radius 2 is 1.21 bits per heavy atom. The van der Waals surface area contributed by atoms with Crippen LogP contribution in [0.5, 0.6) is 0 Å². The molecule has 0 atom stereocenters. The van der Waals surface area contributed by atoms with Gasteiger partial charge in [0.05, 0.1) is 6.61 Å². The SMILES string of the molecule is FC1=C(F)C2(CO2)C(F)=C(F)C1(F)F. The van der Waals surface area contributed by atoms with E-state index in [0.717, 1.165) is 0 Å². The van der Waals surface area contributed by atoms with E-state index in [0.29, 0.717) is 0 Å². The van der Waals surface area contributed by atoms with E-state index in [1.165, 1.54) is 0 Å². The van der Waals surface area contributed by atoms with E-state index in [1.807, 2.05) is 0 Å². The van der Waals surface area contributed by atoms with Gasteiger partial charge in [-0.15, -0.1) is 0 Å². The van der Waals surface area contributed by atoms with Crippen LogP contribution in [0, 0.1) is 0 Å². The van der Waals surface area contributed by atoms with Crippen molar-refractivity contribution in [1.82, 2.24) is 0 Å². The molecule has 0 saturated carbocycles. The molecule has 0 aromatic heterocycles. The molecule has 1 fully saturated rings. The van der Waals surface area contributed by atoms with Crippen molar-refractivity contribution < 1.29 is 31.1 Å². The zero-order valence-corrected chi connectivity index (χ0v) is 6.38. The Morgan fingerprint density at radius 3 is 1.50 bits per heavy atom. The van der Waals surface area contributed by atoms with Gasteiger partial charge in [-0.1, -0.05) is 0 Å². The van der Waals surface area contributed by atoms with Crippen molar-refractivity contribution in [3.8, 4) is 0 Å². The zero-order valence-electron chi connectivity index (χ0n) is 6.38. The third-order valence-electron chi connectivity index (χ3n) is 2.08. The molecule has 0 unspecified atom stereocenters. The van der Waals surface area contributed by atoms with Crippen LogP contribution in [-0.2, 0) is 4.74 Å². The molecule has 0 radical (unpaired) electrons. The van der Waals surface area contributed by atoms with E-state index in [2.05, 4.69) is 4.74 Å². The quantitative estimate of drug-likeness (QED) is 0.448. The molecule has 1 aliphatic carbocycles. The average Bonchev–Trinajstić information content (AvgIpc) is 2.92. The highest BCUT2D eigenvalue weighted by atomic mass is 19.3. The summed E-state index contributed by atoms with van der Waals surface area (Å²) in [4.78, 5) is 0. The molecule has 7 heteroatoms. The molecule has 1 spiro atoms. The molecule has 1 heterocycles. The van der Waals surface area contributed by atoms with Crippen molar-refractivity contribution in [3.63, 3.8) is 0 Å². The number of halogens is 6. The lowest BCUT2D eigenvalue weighted by molar-refractivity contribution is 0.0143. The fourth-order valence-corrected chi connectivity index (χ4v) is 1.15. The van der Waals surface area contributed by atoms with E-state index in [1.54, 1.807) is 0 Å². The second-order valence-corrected chi connectivity index (χ2v) is 2.95. The fourth-order valence-electron chi connectivity index (χ4n) is 1.15. The molecule has 0 amide bonds. The second-order valence-electron chi connectivity index (χ2n) is 2.95. The largest absolute Gasteiger partial charge is 0.354 e. The molecule has 14 heavy (non-hydrogen) atoms. The maximum Gasteiger partial charge on any atom is 0.354 e. The van der Waals surface area contributed by atoms with Crippen LogP contribution in [0.25, 0.3) is 0 Å². The average molecular weight is 216 g/mol. The molecule has 0 aromatic rings. The van der Waals surface area contributed by atoms with Crippen LogP contribution in [0.15, 0.2) is 23.3 Å². The van der Waals surface area contributed by atoms with Gasteiger partial charge in [-0.3, -0.25) is 0 Å². The highest BCUT2D eigenvalue weighted by Gasteiger charge is 2.66. The highest BCUT2D eigenvalue weighted by molar-refractivity contribution is 5.45. The summed E-state index contributed by atoms with van der Waals surface area (Å²) in [6.45, 7) is -0.679. The molecule has 1 nitrogen and oxygen atoms in total. The molecule has 0 bridgehead atoms. The van der Waals surface area contributed by atoms with Gasteiger partial charge >= 0.3 is 5.92 Å². The van der Waals surface area contributed by atoms with Gasteiger partial charge in [-0.2, -0.15) is 8.78 Å². The summed E-state index contributed by atoms with van der Waals surface area (Å²) in [6, 6.07) is 0. The number of hydrogen-bond acceptors (Lipinski definition) is 1. The lowest BCUT2D eigenvalue weighted by Crippen LogP contribution is -2.32. The minimum absolute atomic E-state index is 0.679. The van der Waals surface area contributed by atoms with Gasteiger partial charge in [-0.05, 0) is 0 Å². The molecule has 1 aliphatic heterocycles. The molecule has 1 saturated heterocycles. The molecular weight excluding hydrogens is 214 g/mol. The predicted molar refractivity (Wildman–Crippen MR) is 32.1 cm³/mol. The number of alkyl halides is 2. The zero-order chi connectivity index (χ0) is 10.7. The summed E-state index contributed by atoms with van der Waals surface area (Å²) in [5, 5.41) is 0. The number of allylic oxidation sites excluding steroid dienone is 2. The Kier molecular flexibility index (Phi) is 1.59. The first-order chi connectivity index (χ1) is 6.34. The van der Waals surface area contributed by atoms with Gasteiger partial charge in [0.1, 0.15) is 0 Å². The number of rotatable bonds is 0. The lowest BCUT2D eigenvalue weighted by atomic mass is 9.97. The third kappa shape index (κ3) is 0.853. The summed E-state index contributed by atoms with van der Waals surface area (Å²) in [5.74, 6) is -14.3. The van der Waals surface area contributed by atoms with Crippen molar-refractivity contribution in [2.24, 2.45) is 0 Å². The summed E-state index contributed by atoms with van der Waals surface area (Å²) < 4.78 is 79.7. The number of hydrogen-bond donors (Lipinski definition) is 0. The Bertz CT molecular complexity index is 312. The minimum atomic E-state index is -4.87. The van der Waals surface area contributed by atoms with Crippen LogP contribution in [0.2, 0.25) is 0 Å². The smallest absolute Gasteiger partial charge is 0.354 e. The monoisotopic (exact) mass is 216 g/mol. The topological polar surface area (TPSA) is 12.5 Å². The first-order valence-electron chi connectivity index (χ1n) is 3.48. The molecule has 2 aliphatic rings. The summed E-state index contributed by atoms with van der Waals surface area (Å²) in [7, 11) is 0. The summed E-state index contributed by atoms with van der Waals surface area (Å²) >= 11 is 0. The van der Waals surface area contributed by atoms with Crippen LogP contribution in [0.3, 0.4) is 0 Å². The van der Waals surface area contributed by atoms with E-state index in [-0.39, 0.29) is 0 Å². The van der Waals surface area contributed by atoms with Crippen molar-refractivity contribution in [1.29, 1.82) is 0 Å². The van der Waals surface area contributed by atoms with Crippen LogP contribution in [0.4, 0.5) is 26.3 Å². The van der Waals surface area contributed by atoms with Crippen LogP contribution in [0.1, 0.15) is 0 Å². The highest BCUT2D eigenvalue weighted by Crippen LogP contribution is 2.55. The summed E-state index contributed by atoms with van der Waals surface area (Å²) in [5.41, 5.74) is -2.56. The van der Waals surface area contributed by atoms with Crippen molar-refractivity contribution in [2.45, 2.75) is 11.5 Å². The van der Waals surface area contributed by atoms with Crippen molar-refractivity contribution in [3.05, 3.63) is 23.3 Å². The molecule has 0 N–H and O–H groups in total.